The van der Waals surface area contributed by atoms with Crippen LogP contribution in [0.15, 0.2) is 64.8 Å². The fourth-order valence-electron chi connectivity index (χ4n) is 2.97. The summed E-state index contributed by atoms with van der Waals surface area (Å²) in [6.07, 6.45) is 1.35. The quantitative estimate of drug-likeness (QED) is 0.464. The van der Waals surface area contributed by atoms with Crippen LogP contribution in [-0.2, 0) is 4.79 Å². The van der Waals surface area contributed by atoms with E-state index in [0.717, 1.165) is 11.3 Å². The molecule has 0 radical (unpaired) electrons. The van der Waals surface area contributed by atoms with Crippen LogP contribution in [0, 0.1) is 6.92 Å². The van der Waals surface area contributed by atoms with Gasteiger partial charge in [-0.3, -0.25) is 14.2 Å². The molecular weight excluding hydrogens is 402 g/mol. The van der Waals surface area contributed by atoms with Gasteiger partial charge in [0.15, 0.2) is 16.3 Å². The molecule has 152 valence electrons. The Balaban J connectivity index is 1.63. The van der Waals surface area contributed by atoms with Crippen LogP contribution in [0.3, 0.4) is 0 Å². The van der Waals surface area contributed by atoms with E-state index in [1.165, 1.54) is 18.1 Å². The number of fused-ring (bicyclic) bond motifs is 1. The van der Waals surface area contributed by atoms with Crippen molar-refractivity contribution in [3.63, 3.8) is 0 Å². The number of ether oxygens (including phenoxy) is 1. The number of nitrogens with zero attached hydrogens (tertiary/aromatic N) is 3. The lowest BCUT2D eigenvalue weighted by Crippen LogP contribution is -2.15. The number of hydrogen-bond donors (Lipinski definition) is 2. The zero-order valence-corrected chi connectivity index (χ0v) is 17.2. The molecule has 30 heavy (non-hydrogen) atoms. The maximum absolute atomic E-state index is 12.5. The number of aromatic amines is 1. The van der Waals surface area contributed by atoms with Gasteiger partial charge in [-0.2, -0.15) is 0 Å². The molecule has 0 bridgehead atoms. The molecule has 1 amide bonds. The molecule has 0 saturated heterocycles. The van der Waals surface area contributed by atoms with E-state index in [9.17, 15) is 9.59 Å². The maximum atomic E-state index is 12.5. The van der Waals surface area contributed by atoms with E-state index in [1.807, 2.05) is 43.3 Å². The van der Waals surface area contributed by atoms with E-state index in [2.05, 4.69) is 20.3 Å². The molecule has 0 atom stereocenters. The number of nitrogens with one attached hydrogen (secondary N) is 2. The number of para-hydroxylation sites is 2. The number of aromatic nitrogens is 4. The third-order valence-corrected chi connectivity index (χ3v) is 5.36. The summed E-state index contributed by atoms with van der Waals surface area (Å²) in [4.78, 5) is 36.0. The number of anilines is 1. The smallest absolute Gasteiger partial charge is 0.278 e. The van der Waals surface area contributed by atoms with Crippen molar-refractivity contribution in [3.8, 4) is 11.4 Å². The number of thioether (sulfide) groups is 1. The normalized spacial score (nSPS) is 10.9. The second-order valence-corrected chi connectivity index (χ2v) is 7.45. The van der Waals surface area contributed by atoms with Crippen molar-refractivity contribution in [1.82, 2.24) is 19.5 Å². The van der Waals surface area contributed by atoms with Crippen LogP contribution < -0.4 is 15.6 Å². The monoisotopic (exact) mass is 421 g/mol. The third kappa shape index (κ3) is 3.92. The molecule has 2 aromatic heterocycles. The number of imidazole rings is 1. The van der Waals surface area contributed by atoms with Gasteiger partial charge >= 0.3 is 0 Å². The summed E-state index contributed by atoms with van der Waals surface area (Å²) in [6, 6.07) is 15.0. The van der Waals surface area contributed by atoms with Crippen molar-refractivity contribution in [3.05, 3.63) is 70.8 Å². The fraction of sp³-hybridized carbons (Fsp3) is 0.143. The average molecular weight is 421 g/mol. The predicted octanol–water partition coefficient (Wildman–Crippen LogP) is 3.16. The molecule has 0 saturated carbocycles. The van der Waals surface area contributed by atoms with Crippen LogP contribution in [0.2, 0.25) is 0 Å². The van der Waals surface area contributed by atoms with Gasteiger partial charge in [0.1, 0.15) is 5.75 Å². The summed E-state index contributed by atoms with van der Waals surface area (Å²) in [6.45, 7) is 2.00. The Hall–Kier alpha value is -3.59. The lowest BCUT2D eigenvalue weighted by molar-refractivity contribution is -0.113. The zero-order chi connectivity index (χ0) is 21.1. The lowest BCUT2D eigenvalue weighted by Gasteiger charge is -2.10. The number of carbonyl (C=O) groups is 1. The molecule has 9 heteroatoms. The van der Waals surface area contributed by atoms with Crippen molar-refractivity contribution in [1.29, 1.82) is 0 Å². The van der Waals surface area contributed by atoms with Crippen LogP contribution in [0.4, 0.5) is 5.69 Å². The van der Waals surface area contributed by atoms with Gasteiger partial charge in [-0.05, 0) is 31.2 Å². The molecule has 0 spiro atoms. The topological polar surface area (TPSA) is 102 Å². The number of hydrogen-bond acceptors (Lipinski definition) is 6. The number of aryl methyl sites for hydroxylation is 1. The molecule has 4 rings (SSSR count). The van der Waals surface area contributed by atoms with Crippen molar-refractivity contribution in [2.24, 2.45) is 0 Å². The fourth-order valence-corrected chi connectivity index (χ4v) is 3.78. The van der Waals surface area contributed by atoms with Crippen LogP contribution in [0.5, 0.6) is 5.75 Å². The first-order chi connectivity index (χ1) is 14.6. The van der Waals surface area contributed by atoms with E-state index in [1.54, 1.807) is 23.8 Å². The molecule has 8 nitrogen and oxygen atoms in total. The minimum atomic E-state index is -0.328. The number of benzene rings is 2. The Morgan fingerprint density at radius 3 is 2.73 bits per heavy atom. The zero-order valence-electron chi connectivity index (χ0n) is 16.4. The largest absolute Gasteiger partial charge is 0.495 e. The van der Waals surface area contributed by atoms with Crippen molar-refractivity contribution in [2.75, 3.05) is 18.2 Å². The molecule has 0 aliphatic carbocycles. The van der Waals surface area contributed by atoms with E-state index in [-0.39, 0.29) is 22.7 Å². The second-order valence-electron chi connectivity index (χ2n) is 6.51. The Bertz CT molecular complexity index is 1260. The van der Waals surface area contributed by atoms with Gasteiger partial charge in [0.05, 0.1) is 24.9 Å². The molecule has 0 aliphatic rings. The van der Waals surface area contributed by atoms with Crippen LogP contribution >= 0.6 is 11.8 Å². The Kier molecular flexibility index (Phi) is 5.53. The van der Waals surface area contributed by atoms with Gasteiger partial charge in [0, 0.05) is 5.69 Å². The number of methoxy groups -OCH3 is 1. The summed E-state index contributed by atoms with van der Waals surface area (Å²) in [7, 11) is 1.55. The van der Waals surface area contributed by atoms with Crippen molar-refractivity contribution < 1.29 is 9.53 Å². The molecule has 0 unspecified atom stereocenters. The van der Waals surface area contributed by atoms with Crippen LogP contribution in [-0.4, -0.2) is 38.3 Å². The van der Waals surface area contributed by atoms with Gasteiger partial charge in [-0.15, -0.1) is 0 Å². The van der Waals surface area contributed by atoms with Crippen LogP contribution in [0.1, 0.15) is 5.56 Å². The van der Waals surface area contributed by atoms with Crippen molar-refractivity contribution >= 4 is 34.5 Å². The average Bonchev–Trinajstić information content (AvgIpc) is 3.13. The summed E-state index contributed by atoms with van der Waals surface area (Å²) >= 11 is 1.23. The first-order valence-corrected chi connectivity index (χ1v) is 10.1. The first-order valence-electron chi connectivity index (χ1n) is 9.15. The highest BCUT2D eigenvalue weighted by Gasteiger charge is 2.18. The molecule has 2 heterocycles. The molecule has 4 aromatic rings. The van der Waals surface area contributed by atoms with Gasteiger partial charge in [0.25, 0.3) is 5.56 Å². The van der Waals surface area contributed by atoms with Gasteiger partial charge < -0.3 is 15.0 Å². The third-order valence-electron chi connectivity index (χ3n) is 4.43. The minimum Gasteiger partial charge on any atom is -0.495 e. The van der Waals surface area contributed by atoms with Gasteiger partial charge in [-0.25, -0.2) is 9.97 Å². The number of amides is 1. The van der Waals surface area contributed by atoms with Crippen molar-refractivity contribution in [2.45, 2.75) is 12.1 Å². The Morgan fingerprint density at radius 2 is 1.97 bits per heavy atom. The Morgan fingerprint density at radius 1 is 1.20 bits per heavy atom. The SMILES string of the molecule is COc1ccccc1NC(=O)CSc1nc2c(=O)[nH]cnc2n1-c1ccc(C)cc1. The first kappa shape index (κ1) is 19.7. The summed E-state index contributed by atoms with van der Waals surface area (Å²) in [5.74, 6) is 0.470. The van der Waals surface area contributed by atoms with E-state index in [0.29, 0.717) is 22.2 Å². The van der Waals surface area contributed by atoms with E-state index in [4.69, 9.17) is 4.74 Å². The van der Waals surface area contributed by atoms with Gasteiger partial charge in [0.2, 0.25) is 5.91 Å². The second kappa shape index (κ2) is 8.42. The predicted molar refractivity (Wildman–Crippen MR) is 117 cm³/mol. The standard InChI is InChI=1S/C21H19N5O3S/c1-13-7-9-14(10-8-13)26-19-18(20(28)23-12-22-19)25-21(26)30-11-17(27)24-15-5-3-4-6-16(15)29-2/h3-10,12H,11H2,1-2H3,(H,24,27)(H,22,23,28). The molecule has 0 aliphatic heterocycles. The summed E-state index contributed by atoms with van der Waals surface area (Å²) in [5, 5.41) is 3.35. The highest BCUT2D eigenvalue weighted by atomic mass is 32.2. The lowest BCUT2D eigenvalue weighted by atomic mass is 10.2. The Labute approximate surface area is 176 Å². The number of H-pyrrole nitrogens is 1. The molecule has 2 aromatic carbocycles. The van der Waals surface area contributed by atoms with E-state index < -0.39 is 0 Å². The number of carbonyl (C=O) groups excluding carboxylic acids is 1. The van der Waals surface area contributed by atoms with E-state index >= 15 is 0 Å². The molecule has 0 fully saturated rings. The molecular formula is C21H19N5O3S. The summed E-state index contributed by atoms with van der Waals surface area (Å²) < 4.78 is 7.05. The van der Waals surface area contributed by atoms with Crippen LogP contribution in [0.25, 0.3) is 16.9 Å². The van der Waals surface area contributed by atoms with Gasteiger partial charge in [-0.1, -0.05) is 41.6 Å². The number of rotatable bonds is 6. The maximum Gasteiger partial charge on any atom is 0.278 e. The highest BCUT2D eigenvalue weighted by Crippen LogP contribution is 2.27. The minimum absolute atomic E-state index is 0.102. The summed E-state index contributed by atoms with van der Waals surface area (Å²) in [5.41, 5.74) is 2.86. The molecule has 2 N–H and O–H groups in total. The highest BCUT2D eigenvalue weighted by molar-refractivity contribution is 7.99.